The van der Waals surface area contributed by atoms with E-state index in [-0.39, 0.29) is 25.4 Å². The largest absolute Gasteiger partial charge is 0.481 e. The molecule has 1 heterocycles. The molecule has 0 bridgehead atoms. The van der Waals surface area contributed by atoms with Gasteiger partial charge in [-0.3, -0.25) is 9.59 Å². The van der Waals surface area contributed by atoms with Gasteiger partial charge in [-0.2, -0.15) is 5.26 Å². The Morgan fingerprint density at radius 3 is 3.00 bits per heavy atom. The molecule has 0 spiro atoms. The fourth-order valence-corrected chi connectivity index (χ4v) is 1.35. The molecule has 13 heavy (non-hydrogen) atoms. The highest BCUT2D eigenvalue weighted by atomic mass is 16.4. The molecular weight excluding hydrogens is 172 g/mol. The monoisotopic (exact) mass is 182 g/mol. The highest BCUT2D eigenvalue weighted by Crippen LogP contribution is 2.17. The smallest absolute Gasteiger partial charge is 0.308 e. The molecule has 1 unspecified atom stereocenters. The summed E-state index contributed by atoms with van der Waals surface area (Å²) in [6.07, 6.45) is 0.620. The summed E-state index contributed by atoms with van der Waals surface area (Å²) in [5.41, 5.74) is 0. The maximum Gasteiger partial charge on any atom is 0.308 e. The van der Waals surface area contributed by atoms with E-state index >= 15 is 0 Å². The van der Waals surface area contributed by atoms with Crippen molar-refractivity contribution in [3.05, 3.63) is 0 Å². The lowest BCUT2D eigenvalue weighted by Gasteiger charge is -2.28. The van der Waals surface area contributed by atoms with Crippen LogP contribution in [0.25, 0.3) is 0 Å². The van der Waals surface area contributed by atoms with E-state index in [1.165, 1.54) is 4.90 Å². The van der Waals surface area contributed by atoms with Crippen molar-refractivity contribution in [3.63, 3.8) is 0 Å². The molecular formula is C8H10N2O3. The molecule has 1 fully saturated rings. The topological polar surface area (TPSA) is 81.4 Å². The van der Waals surface area contributed by atoms with Gasteiger partial charge in [0.2, 0.25) is 5.91 Å². The highest BCUT2D eigenvalue weighted by Gasteiger charge is 2.29. The van der Waals surface area contributed by atoms with Crippen LogP contribution in [0.4, 0.5) is 0 Å². The number of carboxylic acids is 1. The molecule has 0 saturated carbocycles. The van der Waals surface area contributed by atoms with E-state index in [0.29, 0.717) is 6.42 Å². The van der Waals surface area contributed by atoms with E-state index in [4.69, 9.17) is 10.4 Å². The quantitative estimate of drug-likeness (QED) is 0.601. The highest BCUT2D eigenvalue weighted by molar-refractivity contribution is 5.80. The number of aliphatic carboxylic acids is 1. The van der Waals surface area contributed by atoms with Crippen molar-refractivity contribution in [2.45, 2.75) is 12.8 Å². The number of likely N-dealkylation sites (tertiary alicyclic amines) is 1. The molecule has 70 valence electrons. The third kappa shape index (κ3) is 2.18. The van der Waals surface area contributed by atoms with Crippen LogP contribution in [-0.2, 0) is 9.59 Å². The van der Waals surface area contributed by atoms with Crippen molar-refractivity contribution in [2.75, 3.05) is 13.1 Å². The van der Waals surface area contributed by atoms with E-state index in [2.05, 4.69) is 0 Å². The molecule has 0 aromatic carbocycles. The van der Waals surface area contributed by atoms with Crippen LogP contribution in [0.3, 0.4) is 0 Å². The average molecular weight is 182 g/mol. The molecule has 1 aliphatic rings. The molecule has 1 rings (SSSR count). The number of nitrogens with zero attached hydrogens (tertiary/aromatic N) is 2. The number of hydrogen-bond donors (Lipinski definition) is 1. The zero-order valence-corrected chi connectivity index (χ0v) is 7.06. The molecule has 5 heteroatoms. The van der Waals surface area contributed by atoms with Crippen molar-refractivity contribution in [1.82, 2.24) is 4.90 Å². The standard InChI is InChI=1S/C8H10N2O3/c9-3-4-10-5-6(8(12)13)1-2-7(10)11/h6H,1-2,4-5H2,(H,12,13). The Hall–Kier alpha value is -1.57. The SMILES string of the molecule is N#CCN1CC(C(=O)O)CCC1=O. The first-order valence-corrected chi connectivity index (χ1v) is 4.02. The van der Waals surface area contributed by atoms with E-state index in [1.54, 1.807) is 0 Å². The Bertz CT molecular complexity index is 269. The Morgan fingerprint density at radius 1 is 1.77 bits per heavy atom. The van der Waals surface area contributed by atoms with Gasteiger partial charge in [0.15, 0.2) is 0 Å². The zero-order valence-electron chi connectivity index (χ0n) is 7.06. The second-order valence-corrected chi connectivity index (χ2v) is 3.01. The number of amides is 1. The van der Waals surface area contributed by atoms with Gasteiger partial charge in [-0.25, -0.2) is 0 Å². The third-order valence-electron chi connectivity index (χ3n) is 2.11. The number of carbonyl (C=O) groups is 2. The lowest BCUT2D eigenvalue weighted by Crippen LogP contribution is -2.42. The number of carboxylic acid groups (broad SMARTS) is 1. The van der Waals surface area contributed by atoms with Gasteiger partial charge in [-0.1, -0.05) is 0 Å². The second-order valence-electron chi connectivity index (χ2n) is 3.01. The lowest BCUT2D eigenvalue weighted by molar-refractivity contribution is -0.147. The molecule has 1 saturated heterocycles. The minimum Gasteiger partial charge on any atom is -0.481 e. The lowest BCUT2D eigenvalue weighted by atomic mass is 9.98. The van der Waals surface area contributed by atoms with Crippen LogP contribution in [0.5, 0.6) is 0 Å². The molecule has 0 aromatic rings. The first-order chi connectivity index (χ1) is 6.15. The van der Waals surface area contributed by atoms with Gasteiger partial charge in [0.25, 0.3) is 0 Å². The van der Waals surface area contributed by atoms with Crippen molar-refractivity contribution in [1.29, 1.82) is 5.26 Å². The van der Waals surface area contributed by atoms with Crippen LogP contribution in [0.1, 0.15) is 12.8 Å². The summed E-state index contributed by atoms with van der Waals surface area (Å²) in [5, 5.41) is 17.1. The number of piperidine rings is 1. The Kier molecular flexibility index (Phi) is 2.85. The number of nitriles is 1. The summed E-state index contributed by atoms with van der Waals surface area (Å²) in [6.45, 7) is 0.157. The van der Waals surface area contributed by atoms with E-state index < -0.39 is 11.9 Å². The van der Waals surface area contributed by atoms with E-state index in [1.807, 2.05) is 6.07 Å². The summed E-state index contributed by atoms with van der Waals surface area (Å²) in [7, 11) is 0. The number of rotatable bonds is 2. The van der Waals surface area contributed by atoms with E-state index in [9.17, 15) is 9.59 Å². The molecule has 0 aromatic heterocycles. The van der Waals surface area contributed by atoms with Crippen molar-refractivity contribution >= 4 is 11.9 Å². The maximum absolute atomic E-state index is 11.1. The van der Waals surface area contributed by atoms with Crippen LogP contribution in [0.2, 0.25) is 0 Å². The molecule has 1 atom stereocenters. The van der Waals surface area contributed by atoms with Crippen LogP contribution in [0, 0.1) is 17.2 Å². The van der Waals surface area contributed by atoms with Gasteiger partial charge in [-0.15, -0.1) is 0 Å². The molecule has 1 N–H and O–H groups in total. The summed E-state index contributed by atoms with van der Waals surface area (Å²) in [5.74, 6) is -1.53. The fourth-order valence-electron chi connectivity index (χ4n) is 1.35. The van der Waals surface area contributed by atoms with Crippen molar-refractivity contribution in [3.8, 4) is 6.07 Å². The predicted octanol–water partition coefficient (Wildman–Crippen LogP) is -0.167. The molecule has 1 aliphatic heterocycles. The van der Waals surface area contributed by atoms with Gasteiger partial charge < -0.3 is 10.0 Å². The fraction of sp³-hybridized carbons (Fsp3) is 0.625. The summed E-state index contributed by atoms with van der Waals surface area (Å²) in [4.78, 5) is 23.0. The molecule has 5 nitrogen and oxygen atoms in total. The zero-order chi connectivity index (χ0) is 9.84. The number of carbonyl (C=O) groups excluding carboxylic acids is 1. The summed E-state index contributed by atoms with van der Waals surface area (Å²) >= 11 is 0. The van der Waals surface area contributed by atoms with Gasteiger partial charge in [-0.05, 0) is 6.42 Å². The molecule has 1 amide bonds. The van der Waals surface area contributed by atoms with Crippen molar-refractivity contribution < 1.29 is 14.7 Å². The third-order valence-corrected chi connectivity index (χ3v) is 2.11. The Labute approximate surface area is 75.6 Å². The Balaban J connectivity index is 2.58. The van der Waals surface area contributed by atoms with Crippen LogP contribution in [0.15, 0.2) is 0 Å². The molecule has 0 radical (unpaired) electrons. The maximum atomic E-state index is 11.1. The van der Waals surface area contributed by atoms with Gasteiger partial charge in [0, 0.05) is 13.0 Å². The van der Waals surface area contributed by atoms with Crippen molar-refractivity contribution in [2.24, 2.45) is 5.92 Å². The first-order valence-electron chi connectivity index (χ1n) is 4.02. The Morgan fingerprint density at radius 2 is 2.46 bits per heavy atom. The molecule has 0 aliphatic carbocycles. The van der Waals surface area contributed by atoms with E-state index in [0.717, 1.165) is 0 Å². The van der Waals surface area contributed by atoms with Crippen LogP contribution < -0.4 is 0 Å². The van der Waals surface area contributed by atoms with Gasteiger partial charge in [0.05, 0.1) is 12.0 Å². The minimum atomic E-state index is -0.893. The minimum absolute atomic E-state index is 0.0113. The van der Waals surface area contributed by atoms with Gasteiger partial charge in [0.1, 0.15) is 6.54 Å². The summed E-state index contributed by atoms with van der Waals surface area (Å²) < 4.78 is 0. The normalized spacial score (nSPS) is 22.5. The first kappa shape index (κ1) is 9.52. The second kappa shape index (κ2) is 3.90. The summed E-state index contributed by atoms with van der Waals surface area (Å²) in [6, 6.07) is 1.84. The van der Waals surface area contributed by atoms with Crippen LogP contribution >= 0.6 is 0 Å². The number of hydrogen-bond acceptors (Lipinski definition) is 3. The average Bonchev–Trinajstić information content (AvgIpc) is 2.08. The van der Waals surface area contributed by atoms with Gasteiger partial charge >= 0.3 is 5.97 Å². The van der Waals surface area contributed by atoms with Crippen LogP contribution in [-0.4, -0.2) is 35.0 Å². The predicted molar refractivity (Wildman–Crippen MR) is 42.6 cm³/mol.